The van der Waals surface area contributed by atoms with Gasteiger partial charge in [-0.15, -0.1) is 11.3 Å². The van der Waals surface area contributed by atoms with Crippen LogP contribution >= 0.6 is 23.1 Å². The van der Waals surface area contributed by atoms with Gasteiger partial charge in [0.15, 0.2) is 10.3 Å². The monoisotopic (exact) mass is 449 g/mol. The maximum Gasteiger partial charge on any atom is 0.257 e. The SMILES string of the molecule is CCN1CCc2nc(NC(=O)c3ccccc3CSc3nc4ccccc4[nH]3)sc2C1. The van der Waals surface area contributed by atoms with E-state index in [1.165, 1.54) is 4.88 Å². The summed E-state index contributed by atoms with van der Waals surface area (Å²) in [5.74, 6) is 0.544. The first-order valence-corrected chi connectivity index (χ1v) is 12.2. The first kappa shape index (κ1) is 20.2. The number of aromatic nitrogens is 3. The van der Waals surface area contributed by atoms with Crippen LogP contribution in [0.2, 0.25) is 0 Å². The minimum Gasteiger partial charge on any atom is -0.333 e. The highest BCUT2D eigenvalue weighted by molar-refractivity contribution is 7.98. The minimum atomic E-state index is -0.112. The summed E-state index contributed by atoms with van der Waals surface area (Å²) < 4.78 is 0. The van der Waals surface area contributed by atoms with Crippen LogP contribution in [0.25, 0.3) is 11.0 Å². The summed E-state index contributed by atoms with van der Waals surface area (Å²) in [6.45, 7) is 5.16. The molecule has 1 amide bonds. The number of likely N-dealkylation sites (N-methyl/N-ethyl adjacent to an activating group) is 1. The molecule has 2 aromatic carbocycles. The number of H-pyrrole nitrogens is 1. The molecule has 2 aromatic heterocycles. The second-order valence-corrected chi connectivity index (χ2v) is 9.51. The van der Waals surface area contributed by atoms with E-state index in [0.29, 0.717) is 16.4 Å². The normalized spacial score (nSPS) is 14.0. The molecule has 0 bridgehead atoms. The van der Waals surface area contributed by atoms with Crippen molar-refractivity contribution in [2.45, 2.75) is 30.8 Å². The average Bonchev–Trinajstić information content (AvgIpc) is 3.40. The number of aromatic amines is 1. The van der Waals surface area contributed by atoms with Gasteiger partial charge in [0.05, 0.1) is 16.7 Å². The fourth-order valence-electron chi connectivity index (χ4n) is 3.75. The lowest BCUT2D eigenvalue weighted by Crippen LogP contribution is -2.29. The Morgan fingerprint density at radius 1 is 1.19 bits per heavy atom. The number of benzene rings is 2. The van der Waals surface area contributed by atoms with E-state index in [0.717, 1.165) is 53.5 Å². The summed E-state index contributed by atoms with van der Waals surface area (Å²) in [7, 11) is 0. The number of imidazole rings is 1. The molecule has 1 aliphatic rings. The molecule has 4 aromatic rings. The number of rotatable bonds is 6. The lowest BCUT2D eigenvalue weighted by atomic mass is 10.1. The summed E-state index contributed by atoms with van der Waals surface area (Å²) in [6, 6.07) is 15.7. The van der Waals surface area contributed by atoms with Crippen molar-refractivity contribution < 1.29 is 4.79 Å². The second-order valence-electron chi connectivity index (χ2n) is 7.47. The van der Waals surface area contributed by atoms with Crippen molar-refractivity contribution in [3.05, 3.63) is 70.2 Å². The summed E-state index contributed by atoms with van der Waals surface area (Å²) in [5.41, 5.74) is 4.74. The van der Waals surface area contributed by atoms with Crippen molar-refractivity contribution in [3.63, 3.8) is 0 Å². The van der Waals surface area contributed by atoms with Crippen LogP contribution in [0.4, 0.5) is 5.13 Å². The predicted molar refractivity (Wildman–Crippen MR) is 127 cm³/mol. The Morgan fingerprint density at radius 3 is 2.90 bits per heavy atom. The Morgan fingerprint density at radius 2 is 2.03 bits per heavy atom. The maximum atomic E-state index is 13.0. The highest BCUT2D eigenvalue weighted by Crippen LogP contribution is 2.29. The molecule has 0 fully saturated rings. The van der Waals surface area contributed by atoms with Gasteiger partial charge in [0, 0.05) is 35.7 Å². The number of carbonyl (C=O) groups excluding carboxylic acids is 1. The summed E-state index contributed by atoms with van der Waals surface area (Å²) in [4.78, 5) is 29.3. The molecule has 0 saturated carbocycles. The molecule has 1 aliphatic heterocycles. The fraction of sp³-hybridized carbons (Fsp3) is 0.261. The van der Waals surface area contributed by atoms with E-state index in [4.69, 9.17) is 0 Å². The molecule has 8 heteroatoms. The highest BCUT2D eigenvalue weighted by Gasteiger charge is 2.21. The van der Waals surface area contributed by atoms with Crippen LogP contribution in [0.1, 0.15) is 33.4 Å². The van der Waals surface area contributed by atoms with Gasteiger partial charge < -0.3 is 4.98 Å². The first-order valence-electron chi connectivity index (χ1n) is 10.4. The second kappa shape index (κ2) is 8.82. The van der Waals surface area contributed by atoms with Crippen molar-refractivity contribution in [1.82, 2.24) is 19.9 Å². The van der Waals surface area contributed by atoms with Gasteiger partial charge in [0.25, 0.3) is 5.91 Å². The van der Waals surface area contributed by atoms with Gasteiger partial charge in [0.1, 0.15) is 0 Å². The van der Waals surface area contributed by atoms with E-state index in [1.54, 1.807) is 23.1 Å². The zero-order valence-electron chi connectivity index (χ0n) is 17.2. The maximum absolute atomic E-state index is 13.0. The zero-order valence-corrected chi connectivity index (χ0v) is 18.9. The number of hydrogen-bond acceptors (Lipinski definition) is 6. The van der Waals surface area contributed by atoms with Crippen LogP contribution in [0.15, 0.2) is 53.7 Å². The van der Waals surface area contributed by atoms with E-state index in [9.17, 15) is 4.79 Å². The molecule has 0 unspecified atom stereocenters. The van der Waals surface area contributed by atoms with Crippen LogP contribution in [0.5, 0.6) is 0 Å². The Balaban J connectivity index is 1.29. The van der Waals surface area contributed by atoms with Crippen LogP contribution in [-0.4, -0.2) is 38.8 Å². The van der Waals surface area contributed by atoms with Gasteiger partial charge in [-0.05, 0) is 30.3 Å². The van der Waals surface area contributed by atoms with Crippen molar-refractivity contribution >= 4 is 45.2 Å². The molecule has 0 spiro atoms. The van der Waals surface area contributed by atoms with Gasteiger partial charge in [-0.3, -0.25) is 15.0 Å². The van der Waals surface area contributed by atoms with Crippen molar-refractivity contribution in [3.8, 4) is 0 Å². The van der Waals surface area contributed by atoms with Crippen molar-refractivity contribution in [1.29, 1.82) is 0 Å². The molecule has 0 radical (unpaired) electrons. The summed E-state index contributed by atoms with van der Waals surface area (Å²) in [5, 5.41) is 4.56. The standard InChI is InChI=1S/C23H23N5OS2/c1-2-28-12-11-19-20(13-28)31-23(26-19)27-21(29)16-8-4-3-7-15(16)14-30-22-24-17-9-5-6-10-18(17)25-22/h3-10H,2,11-14H2,1H3,(H,24,25)(H,26,27,29). The molecule has 0 atom stereocenters. The van der Waals surface area contributed by atoms with Gasteiger partial charge in [-0.25, -0.2) is 9.97 Å². The number of thioether (sulfide) groups is 1. The molecule has 31 heavy (non-hydrogen) atoms. The van der Waals surface area contributed by atoms with Crippen molar-refractivity contribution in [2.24, 2.45) is 0 Å². The number of thiazole rings is 1. The number of hydrogen-bond donors (Lipinski definition) is 2. The summed E-state index contributed by atoms with van der Waals surface area (Å²) >= 11 is 3.19. The molecule has 0 saturated heterocycles. The lowest BCUT2D eigenvalue weighted by molar-refractivity contribution is 0.102. The first-order chi connectivity index (χ1) is 15.2. The van der Waals surface area contributed by atoms with Gasteiger partial charge >= 0.3 is 0 Å². The smallest absolute Gasteiger partial charge is 0.257 e. The minimum absolute atomic E-state index is 0.112. The number of para-hydroxylation sites is 2. The quantitative estimate of drug-likeness (QED) is 0.408. The van der Waals surface area contributed by atoms with E-state index in [2.05, 4.69) is 32.1 Å². The third-order valence-corrected chi connectivity index (χ3v) is 7.39. The molecule has 5 rings (SSSR count). The zero-order chi connectivity index (χ0) is 21.2. The number of carbonyl (C=O) groups is 1. The molecule has 2 N–H and O–H groups in total. The molecule has 6 nitrogen and oxygen atoms in total. The number of amides is 1. The largest absolute Gasteiger partial charge is 0.333 e. The Kier molecular flexibility index (Phi) is 5.76. The number of anilines is 1. The van der Waals surface area contributed by atoms with Gasteiger partial charge in [-0.1, -0.05) is 49.0 Å². The van der Waals surface area contributed by atoms with Crippen LogP contribution < -0.4 is 5.32 Å². The lowest BCUT2D eigenvalue weighted by Gasteiger charge is -2.23. The van der Waals surface area contributed by atoms with Crippen LogP contribution in [-0.2, 0) is 18.7 Å². The molecule has 0 aliphatic carbocycles. The Bertz CT molecular complexity index is 1200. The highest BCUT2D eigenvalue weighted by atomic mass is 32.2. The van der Waals surface area contributed by atoms with Crippen molar-refractivity contribution in [2.75, 3.05) is 18.4 Å². The third kappa shape index (κ3) is 4.37. The number of nitrogens with zero attached hydrogens (tertiary/aromatic N) is 3. The molecular weight excluding hydrogens is 426 g/mol. The topological polar surface area (TPSA) is 73.9 Å². The Labute approximate surface area is 189 Å². The van der Waals surface area contributed by atoms with E-state index < -0.39 is 0 Å². The average molecular weight is 450 g/mol. The van der Waals surface area contributed by atoms with Gasteiger partial charge in [-0.2, -0.15) is 0 Å². The van der Waals surface area contributed by atoms with E-state index in [-0.39, 0.29) is 5.91 Å². The molecule has 158 valence electrons. The van der Waals surface area contributed by atoms with Gasteiger partial charge in [0.2, 0.25) is 0 Å². The van der Waals surface area contributed by atoms with Crippen LogP contribution in [0.3, 0.4) is 0 Å². The number of nitrogens with one attached hydrogen (secondary N) is 2. The number of fused-ring (bicyclic) bond motifs is 2. The van der Waals surface area contributed by atoms with E-state index in [1.807, 2.05) is 48.5 Å². The summed E-state index contributed by atoms with van der Waals surface area (Å²) in [6.07, 6.45) is 0.945. The molecular formula is C23H23N5OS2. The Hall–Kier alpha value is -2.68. The molecule has 3 heterocycles. The fourth-order valence-corrected chi connectivity index (χ4v) is 5.68. The third-order valence-electron chi connectivity index (χ3n) is 5.47. The van der Waals surface area contributed by atoms with E-state index >= 15 is 0 Å². The predicted octanol–water partition coefficient (Wildman–Crippen LogP) is 4.94. The van der Waals surface area contributed by atoms with Crippen LogP contribution in [0, 0.1) is 0 Å².